The van der Waals surface area contributed by atoms with Crippen LogP contribution in [0.4, 0.5) is 8.78 Å². The normalized spacial score (nSPS) is 12.2. The fourth-order valence-corrected chi connectivity index (χ4v) is 1.55. The van der Waals surface area contributed by atoms with E-state index >= 15 is 0 Å². The third-order valence-corrected chi connectivity index (χ3v) is 2.46. The Balaban J connectivity index is 2.21. The summed E-state index contributed by atoms with van der Waals surface area (Å²) in [5.74, 6) is -1.42. The molecule has 0 radical (unpaired) electrons. The summed E-state index contributed by atoms with van der Waals surface area (Å²) in [5, 5.41) is 0. The lowest BCUT2D eigenvalue weighted by Gasteiger charge is -2.18. The Labute approximate surface area is 103 Å². The van der Waals surface area contributed by atoms with Gasteiger partial charge >= 0.3 is 0 Å². The first-order valence-corrected chi connectivity index (χ1v) is 5.42. The lowest BCUT2D eigenvalue weighted by Crippen LogP contribution is -2.19. The highest BCUT2D eigenvalue weighted by molar-refractivity contribution is 5.26. The number of pyridine rings is 1. The molecular formula is C13H12F2N2O. The lowest BCUT2D eigenvalue weighted by molar-refractivity contribution is 0.204. The van der Waals surface area contributed by atoms with Crippen molar-refractivity contribution in [1.29, 1.82) is 0 Å². The van der Waals surface area contributed by atoms with E-state index in [4.69, 9.17) is 10.5 Å². The predicted molar refractivity (Wildman–Crippen MR) is 63.0 cm³/mol. The maximum Gasteiger partial charge on any atom is 0.168 e. The Morgan fingerprint density at radius 1 is 1.17 bits per heavy atom. The van der Waals surface area contributed by atoms with Crippen LogP contribution in [0.5, 0.6) is 5.75 Å². The minimum atomic E-state index is -0.748. The van der Waals surface area contributed by atoms with Crippen molar-refractivity contribution in [3.05, 3.63) is 59.9 Å². The fraction of sp³-hybridized carbons (Fsp3) is 0.154. The number of benzene rings is 1. The van der Waals surface area contributed by atoms with Gasteiger partial charge in [0.25, 0.3) is 0 Å². The van der Waals surface area contributed by atoms with Gasteiger partial charge in [-0.05, 0) is 29.8 Å². The Morgan fingerprint density at radius 2 is 1.89 bits per heavy atom. The number of halogens is 2. The quantitative estimate of drug-likeness (QED) is 0.906. The van der Waals surface area contributed by atoms with E-state index in [-0.39, 0.29) is 12.3 Å². The third-order valence-electron chi connectivity index (χ3n) is 2.46. The van der Waals surface area contributed by atoms with E-state index < -0.39 is 17.7 Å². The van der Waals surface area contributed by atoms with E-state index in [0.717, 1.165) is 17.7 Å². The maximum absolute atomic E-state index is 13.4. The van der Waals surface area contributed by atoms with Gasteiger partial charge in [0.1, 0.15) is 11.9 Å². The number of hydrogen-bond acceptors (Lipinski definition) is 3. The van der Waals surface area contributed by atoms with Crippen molar-refractivity contribution in [3.63, 3.8) is 0 Å². The predicted octanol–water partition coefficient (Wildman–Crippen LogP) is 2.44. The Hall–Kier alpha value is -2.01. The number of nitrogens with two attached hydrogens (primary N) is 1. The van der Waals surface area contributed by atoms with E-state index in [2.05, 4.69) is 4.98 Å². The average Bonchev–Trinajstić information content (AvgIpc) is 2.39. The molecule has 1 unspecified atom stereocenters. The highest BCUT2D eigenvalue weighted by Gasteiger charge is 2.14. The molecule has 0 fully saturated rings. The molecular weight excluding hydrogens is 238 g/mol. The summed E-state index contributed by atoms with van der Waals surface area (Å²) in [6.07, 6.45) is 2.71. The molecule has 0 bridgehead atoms. The van der Waals surface area contributed by atoms with Crippen molar-refractivity contribution in [2.45, 2.75) is 6.10 Å². The van der Waals surface area contributed by atoms with Crippen LogP contribution in [0.15, 0.2) is 42.7 Å². The minimum absolute atomic E-state index is 0.0244. The average molecular weight is 250 g/mol. The van der Waals surface area contributed by atoms with Crippen LogP contribution in [0, 0.1) is 11.6 Å². The molecule has 0 aliphatic carbocycles. The van der Waals surface area contributed by atoms with Crippen LogP contribution in [-0.2, 0) is 0 Å². The van der Waals surface area contributed by atoms with Crippen molar-refractivity contribution in [3.8, 4) is 5.75 Å². The SMILES string of the molecule is NCC(Oc1ccc(F)cc1F)c1ccncc1. The zero-order chi connectivity index (χ0) is 13.0. The molecule has 0 amide bonds. The second kappa shape index (κ2) is 5.55. The maximum atomic E-state index is 13.4. The molecule has 0 spiro atoms. The van der Waals surface area contributed by atoms with Gasteiger partial charge < -0.3 is 10.5 Å². The first kappa shape index (κ1) is 12.4. The van der Waals surface area contributed by atoms with Crippen molar-refractivity contribution in [1.82, 2.24) is 4.98 Å². The van der Waals surface area contributed by atoms with Crippen molar-refractivity contribution >= 4 is 0 Å². The van der Waals surface area contributed by atoms with Crippen LogP contribution in [0.2, 0.25) is 0 Å². The smallest absolute Gasteiger partial charge is 0.168 e. The summed E-state index contributed by atoms with van der Waals surface area (Å²) in [4.78, 5) is 3.88. The molecule has 2 rings (SSSR count). The van der Waals surface area contributed by atoms with Crippen LogP contribution < -0.4 is 10.5 Å². The summed E-state index contributed by atoms with van der Waals surface area (Å²) >= 11 is 0. The second-order valence-corrected chi connectivity index (χ2v) is 3.70. The first-order chi connectivity index (χ1) is 8.70. The topological polar surface area (TPSA) is 48.1 Å². The van der Waals surface area contributed by atoms with Gasteiger partial charge in [-0.3, -0.25) is 4.98 Å². The molecule has 0 aliphatic heterocycles. The van der Waals surface area contributed by atoms with Gasteiger partial charge in [0.2, 0.25) is 0 Å². The molecule has 3 nitrogen and oxygen atoms in total. The van der Waals surface area contributed by atoms with Gasteiger partial charge in [-0.25, -0.2) is 8.78 Å². The molecule has 1 heterocycles. The molecule has 2 N–H and O–H groups in total. The minimum Gasteiger partial charge on any atom is -0.481 e. The number of ether oxygens (including phenoxy) is 1. The molecule has 0 aliphatic rings. The van der Waals surface area contributed by atoms with E-state index in [1.54, 1.807) is 24.5 Å². The number of hydrogen-bond donors (Lipinski definition) is 1. The summed E-state index contributed by atoms with van der Waals surface area (Å²) in [7, 11) is 0. The van der Waals surface area contributed by atoms with Gasteiger partial charge in [0.15, 0.2) is 11.6 Å². The Bertz CT molecular complexity index is 520. The zero-order valence-corrected chi connectivity index (χ0v) is 9.51. The van der Waals surface area contributed by atoms with Crippen LogP contribution in [-0.4, -0.2) is 11.5 Å². The van der Waals surface area contributed by atoms with E-state index in [0.29, 0.717) is 0 Å². The number of aromatic nitrogens is 1. The van der Waals surface area contributed by atoms with Gasteiger partial charge in [0, 0.05) is 25.0 Å². The number of nitrogens with zero attached hydrogens (tertiary/aromatic N) is 1. The molecule has 1 atom stereocenters. The molecule has 1 aromatic heterocycles. The first-order valence-electron chi connectivity index (χ1n) is 5.42. The van der Waals surface area contributed by atoms with Gasteiger partial charge in [-0.1, -0.05) is 0 Å². The number of rotatable bonds is 4. The molecule has 2 aromatic rings. The molecule has 18 heavy (non-hydrogen) atoms. The molecule has 0 saturated carbocycles. The van der Waals surface area contributed by atoms with Gasteiger partial charge in [-0.2, -0.15) is 0 Å². The summed E-state index contributed by atoms with van der Waals surface area (Å²) in [6.45, 7) is 0.181. The van der Waals surface area contributed by atoms with Crippen LogP contribution >= 0.6 is 0 Å². The Morgan fingerprint density at radius 3 is 2.50 bits per heavy atom. The molecule has 94 valence electrons. The van der Waals surface area contributed by atoms with Gasteiger partial charge in [-0.15, -0.1) is 0 Å². The summed E-state index contributed by atoms with van der Waals surface area (Å²) < 4.78 is 31.6. The zero-order valence-electron chi connectivity index (χ0n) is 9.51. The van der Waals surface area contributed by atoms with Crippen molar-refractivity contribution < 1.29 is 13.5 Å². The van der Waals surface area contributed by atoms with Crippen molar-refractivity contribution in [2.24, 2.45) is 5.73 Å². The van der Waals surface area contributed by atoms with E-state index in [1.807, 2.05) is 0 Å². The van der Waals surface area contributed by atoms with Gasteiger partial charge in [0.05, 0.1) is 0 Å². The molecule has 5 heteroatoms. The monoisotopic (exact) mass is 250 g/mol. The lowest BCUT2D eigenvalue weighted by atomic mass is 10.1. The molecule has 1 aromatic carbocycles. The third kappa shape index (κ3) is 2.81. The standard InChI is InChI=1S/C13H12F2N2O/c14-10-1-2-12(11(15)7-10)18-13(8-16)9-3-5-17-6-4-9/h1-7,13H,8,16H2. The fourth-order valence-electron chi connectivity index (χ4n) is 1.55. The van der Waals surface area contributed by atoms with Crippen molar-refractivity contribution in [2.75, 3.05) is 6.54 Å². The largest absolute Gasteiger partial charge is 0.481 e. The van der Waals surface area contributed by atoms with Crippen LogP contribution in [0.3, 0.4) is 0 Å². The second-order valence-electron chi connectivity index (χ2n) is 3.70. The molecule has 0 saturated heterocycles. The van der Waals surface area contributed by atoms with Crippen LogP contribution in [0.25, 0.3) is 0 Å². The van der Waals surface area contributed by atoms with E-state index in [1.165, 1.54) is 6.07 Å². The Kier molecular flexibility index (Phi) is 3.84. The van der Waals surface area contributed by atoms with E-state index in [9.17, 15) is 8.78 Å². The summed E-state index contributed by atoms with van der Waals surface area (Å²) in [5.41, 5.74) is 6.38. The highest BCUT2D eigenvalue weighted by atomic mass is 19.1. The summed E-state index contributed by atoms with van der Waals surface area (Å²) in [6, 6.07) is 6.63. The van der Waals surface area contributed by atoms with Crippen LogP contribution in [0.1, 0.15) is 11.7 Å². The highest BCUT2D eigenvalue weighted by Crippen LogP contribution is 2.24.